The van der Waals surface area contributed by atoms with Gasteiger partial charge in [-0.1, -0.05) is 18.2 Å². The first-order chi connectivity index (χ1) is 12.1. The average Bonchev–Trinajstić information content (AvgIpc) is 2.94. The molecule has 128 valence electrons. The lowest BCUT2D eigenvalue weighted by molar-refractivity contribution is 0.238. The third-order valence-electron chi connectivity index (χ3n) is 4.89. The van der Waals surface area contributed by atoms with Crippen LogP contribution >= 0.6 is 0 Å². The van der Waals surface area contributed by atoms with Crippen LogP contribution in [0.5, 0.6) is 0 Å². The maximum atomic E-state index is 13.2. The van der Waals surface area contributed by atoms with E-state index < -0.39 is 0 Å². The maximum Gasteiger partial charge on any atom is 0.140 e. The molecule has 0 atom stereocenters. The zero-order valence-electron chi connectivity index (χ0n) is 14.2. The molecule has 0 bridgehead atoms. The quantitative estimate of drug-likeness (QED) is 0.746. The van der Waals surface area contributed by atoms with Gasteiger partial charge in [0, 0.05) is 44.4 Å². The number of para-hydroxylation sites is 1. The van der Waals surface area contributed by atoms with Crippen molar-refractivity contribution in [2.75, 3.05) is 12.3 Å². The van der Waals surface area contributed by atoms with Crippen molar-refractivity contribution in [3.63, 3.8) is 0 Å². The summed E-state index contributed by atoms with van der Waals surface area (Å²) in [5, 5.41) is 0. The van der Waals surface area contributed by atoms with E-state index in [1.807, 2.05) is 25.2 Å². The molecule has 25 heavy (non-hydrogen) atoms. The number of rotatable bonds is 3. The predicted octanol–water partition coefficient (Wildman–Crippen LogP) is 3.37. The van der Waals surface area contributed by atoms with Crippen molar-refractivity contribution in [2.24, 2.45) is 7.05 Å². The Kier molecular flexibility index (Phi) is 4.01. The van der Waals surface area contributed by atoms with Gasteiger partial charge in [0.15, 0.2) is 0 Å². The molecule has 1 aliphatic rings. The van der Waals surface area contributed by atoms with E-state index in [4.69, 9.17) is 10.7 Å². The van der Waals surface area contributed by atoms with Gasteiger partial charge in [-0.25, -0.2) is 9.37 Å². The maximum absolute atomic E-state index is 13.2. The third-order valence-corrected chi connectivity index (χ3v) is 4.89. The van der Waals surface area contributed by atoms with Gasteiger partial charge in [-0.15, -0.1) is 0 Å². The van der Waals surface area contributed by atoms with Crippen molar-refractivity contribution >= 4 is 5.69 Å². The Bertz CT molecular complexity index is 899. The van der Waals surface area contributed by atoms with Crippen molar-refractivity contribution < 1.29 is 4.39 Å². The SMILES string of the molecule is Cn1c(-c2ccc(F)cc2)nc2c1CN(Cc1ccccc1N)CC2. The molecule has 2 aromatic carbocycles. The van der Waals surface area contributed by atoms with Gasteiger partial charge in [-0.3, -0.25) is 4.90 Å². The van der Waals surface area contributed by atoms with Crippen LogP contribution in [0, 0.1) is 5.82 Å². The number of hydrogen-bond acceptors (Lipinski definition) is 3. The summed E-state index contributed by atoms with van der Waals surface area (Å²) in [4.78, 5) is 7.19. The molecule has 0 saturated heterocycles. The molecule has 1 aliphatic heterocycles. The number of halogens is 1. The second kappa shape index (κ2) is 6.33. The molecule has 5 heteroatoms. The van der Waals surface area contributed by atoms with E-state index in [2.05, 4.69) is 15.5 Å². The van der Waals surface area contributed by atoms with Gasteiger partial charge in [0.2, 0.25) is 0 Å². The summed E-state index contributed by atoms with van der Waals surface area (Å²) in [6, 6.07) is 14.5. The molecule has 3 aromatic rings. The number of imidazole rings is 1. The molecule has 4 rings (SSSR count). The average molecular weight is 336 g/mol. The van der Waals surface area contributed by atoms with E-state index in [1.165, 1.54) is 17.8 Å². The Labute approximate surface area is 146 Å². The monoisotopic (exact) mass is 336 g/mol. The smallest absolute Gasteiger partial charge is 0.140 e. The molecule has 0 radical (unpaired) electrons. The van der Waals surface area contributed by atoms with Crippen molar-refractivity contribution in [1.82, 2.24) is 14.5 Å². The summed E-state index contributed by atoms with van der Waals surface area (Å²) in [6.07, 6.45) is 0.914. The summed E-state index contributed by atoms with van der Waals surface area (Å²) in [5.74, 6) is 0.667. The third kappa shape index (κ3) is 3.03. The molecule has 4 nitrogen and oxygen atoms in total. The second-order valence-electron chi connectivity index (χ2n) is 6.55. The number of anilines is 1. The number of nitrogens with two attached hydrogens (primary N) is 1. The van der Waals surface area contributed by atoms with Gasteiger partial charge in [-0.05, 0) is 35.9 Å². The minimum Gasteiger partial charge on any atom is -0.398 e. The van der Waals surface area contributed by atoms with Gasteiger partial charge in [0.1, 0.15) is 11.6 Å². The lowest BCUT2D eigenvalue weighted by Gasteiger charge is -2.27. The molecule has 2 heterocycles. The van der Waals surface area contributed by atoms with Crippen molar-refractivity contribution in [1.29, 1.82) is 0 Å². The topological polar surface area (TPSA) is 47.1 Å². The Morgan fingerprint density at radius 2 is 1.88 bits per heavy atom. The van der Waals surface area contributed by atoms with Crippen LogP contribution in [0.25, 0.3) is 11.4 Å². The number of nitrogen functional groups attached to an aromatic ring is 1. The zero-order chi connectivity index (χ0) is 17.4. The summed E-state index contributed by atoms with van der Waals surface area (Å²) in [7, 11) is 2.03. The molecule has 0 saturated carbocycles. The highest BCUT2D eigenvalue weighted by atomic mass is 19.1. The largest absolute Gasteiger partial charge is 0.398 e. The Hall–Kier alpha value is -2.66. The van der Waals surface area contributed by atoms with Gasteiger partial charge in [-0.2, -0.15) is 0 Å². The van der Waals surface area contributed by atoms with E-state index in [-0.39, 0.29) is 5.82 Å². The molecular weight excluding hydrogens is 315 g/mol. The van der Waals surface area contributed by atoms with Crippen LogP contribution in [0.2, 0.25) is 0 Å². The fourth-order valence-corrected chi connectivity index (χ4v) is 3.45. The summed E-state index contributed by atoms with van der Waals surface area (Å²) in [5.41, 5.74) is 11.4. The normalized spacial score (nSPS) is 14.5. The summed E-state index contributed by atoms with van der Waals surface area (Å²) in [6.45, 7) is 2.64. The van der Waals surface area contributed by atoms with Crippen LogP contribution in [0.4, 0.5) is 10.1 Å². The predicted molar refractivity (Wildman–Crippen MR) is 97.3 cm³/mol. The molecule has 0 aliphatic carbocycles. The standard InChI is InChI=1S/C20H21FN4/c1-24-19-13-25(12-15-4-2-3-5-17(15)22)11-10-18(19)23-20(24)14-6-8-16(21)9-7-14/h2-9H,10-13,22H2,1H3. The van der Waals surface area contributed by atoms with Gasteiger partial charge < -0.3 is 10.3 Å². The zero-order valence-corrected chi connectivity index (χ0v) is 14.2. The molecule has 0 fully saturated rings. The van der Waals surface area contributed by atoms with E-state index in [1.54, 1.807) is 12.1 Å². The Morgan fingerprint density at radius 1 is 1.12 bits per heavy atom. The summed E-state index contributed by atoms with van der Waals surface area (Å²) >= 11 is 0. The van der Waals surface area contributed by atoms with Crippen LogP contribution in [-0.4, -0.2) is 21.0 Å². The van der Waals surface area contributed by atoms with Crippen LogP contribution in [-0.2, 0) is 26.6 Å². The summed E-state index contributed by atoms with van der Waals surface area (Å²) < 4.78 is 15.3. The van der Waals surface area contributed by atoms with Crippen molar-refractivity contribution in [2.45, 2.75) is 19.5 Å². The van der Waals surface area contributed by atoms with Crippen LogP contribution in [0.3, 0.4) is 0 Å². The fraction of sp³-hybridized carbons (Fsp3) is 0.250. The highest BCUT2D eigenvalue weighted by molar-refractivity contribution is 5.57. The number of hydrogen-bond donors (Lipinski definition) is 1. The molecular formula is C20H21FN4. The van der Waals surface area contributed by atoms with Crippen molar-refractivity contribution in [3.05, 3.63) is 71.3 Å². The molecule has 0 unspecified atom stereocenters. The minimum atomic E-state index is -0.227. The van der Waals surface area contributed by atoms with Gasteiger partial charge in [0.25, 0.3) is 0 Å². The fourth-order valence-electron chi connectivity index (χ4n) is 3.45. The molecule has 0 spiro atoms. The first kappa shape index (κ1) is 15.8. The van der Waals surface area contributed by atoms with Gasteiger partial charge in [0.05, 0.1) is 11.4 Å². The Morgan fingerprint density at radius 3 is 2.64 bits per heavy atom. The second-order valence-corrected chi connectivity index (χ2v) is 6.55. The van der Waals surface area contributed by atoms with Crippen LogP contribution in [0.15, 0.2) is 48.5 Å². The molecule has 0 amide bonds. The lowest BCUT2D eigenvalue weighted by atomic mass is 10.1. The minimum absolute atomic E-state index is 0.227. The van der Waals surface area contributed by atoms with E-state index in [0.717, 1.165) is 54.4 Å². The number of nitrogens with zero attached hydrogens (tertiary/aromatic N) is 3. The highest BCUT2D eigenvalue weighted by Gasteiger charge is 2.23. The number of fused-ring (bicyclic) bond motifs is 1. The lowest BCUT2D eigenvalue weighted by Crippen LogP contribution is -2.31. The highest BCUT2D eigenvalue weighted by Crippen LogP contribution is 2.27. The van der Waals surface area contributed by atoms with E-state index in [0.29, 0.717) is 0 Å². The van der Waals surface area contributed by atoms with Crippen LogP contribution in [0.1, 0.15) is 17.0 Å². The first-order valence-corrected chi connectivity index (χ1v) is 8.48. The van der Waals surface area contributed by atoms with E-state index in [9.17, 15) is 4.39 Å². The van der Waals surface area contributed by atoms with Crippen molar-refractivity contribution in [3.8, 4) is 11.4 Å². The van der Waals surface area contributed by atoms with Gasteiger partial charge >= 0.3 is 0 Å². The number of benzene rings is 2. The van der Waals surface area contributed by atoms with Crippen LogP contribution < -0.4 is 5.73 Å². The first-order valence-electron chi connectivity index (χ1n) is 8.48. The van der Waals surface area contributed by atoms with E-state index >= 15 is 0 Å². The molecule has 1 aromatic heterocycles. The number of aromatic nitrogens is 2. The Balaban J connectivity index is 1.59. The molecule has 2 N–H and O–H groups in total.